The van der Waals surface area contributed by atoms with Crippen molar-refractivity contribution in [3.05, 3.63) is 63.5 Å². The number of phenolic OH excluding ortho intramolecular Hbond substituents is 1. The minimum Gasteiger partial charge on any atom is -0.506 e. The van der Waals surface area contributed by atoms with Crippen LogP contribution in [0, 0.1) is 12.7 Å². The Morgan fingerprint density at radius 2 is 1.80 bits per heavy atom. The molecule has 0 unspecified atom stereocenters. The van der Waals surface area contributed by atoms with Crippen molar-refractivity contribution in [2.75, 3.05) is 10.2 Å². The summed E-state index contributed by atoms with van der Waals surface area (Å²) in [5, 5.41) is 12.0. The van der Waals surface area contributed by atoms with E-state index in [1.807, 2.05) is 0 Å². The van der Waals surface area contributed by atoms with Crippen molar-refractivity contribution in [3.63, 3.8) is 0 Å². The molecule has 0 spiro atoms. The van der Waals surface area contributed by atoms with Gasteiger partial charge in [-0.05, 0) is 42.8 Å². The predicted octanol–water partition coefficient (Wildman–Crippen LogP) is 3.93. The lowest BCUT2D eigenvalue weighted by atomic mass is 10.2. The van der Waals surface area contributed by atoms with Crippen LogP contribution in [0.5, 0.6) is 5.75 Å². The van der Waals surface area contributed by atoms with Crippen LogP contribution >= 0.6 is 23.2 Å². The van der Waals surface area contributed by atoms with Gasteiger partial charge in [0.1, 0.15) is 22.3 Å². The van der Waals surface area contributed by atoms with E-state index in [-0.39, 0.29) is 32.9 Å². The molecule has 25 heavy (non-hydrogen) atoms. The van der Waals surface area contributed by atoms with Crippen LogP contribution in [0.4, 0.5) is 15.8 Å². The van der Waals surface area contributed by atoms with Gasteiger partial charge in [0.15, 0.2) is 0 Å². The zero-order valence-electron chi connectivity index (χ0n) is 12.8. The van der Waals surface area contributed by atoms with Crippen molar-refractivity contribution < 1.29 is 19.1 Å². The lowest BCUT2D eigenvalue weighted by molar-refractivity contribution is -0.120. The van der Waals surface area contributed by atoms with Gasteiger partial charge in [0.05, 0.1) is 16.4 Å². The largest absolute Gasteiger partial charge is 0.506 e. The average Bonchev–Trinajstić information content (AvgIpc) is 2.77. The number of hydrogen-bond donors (Lipinski definition) is 2. The van der Waals surface area contributed by atoms with E-state index in [2.05, 4.69) is 5.32 Å². The maximum absolute atomic E-state index is 13.3. The summed E-state index contributed by atoms with van der Waals surface area (Å²) in [5.41, 5.74) is 0.960. The fraction of sp³-hybridized carbons (Fsp3) is 0.0588. The molecule has 0 atom stereocenters. The minimum absolute atomic E-state index is 0.0878. The average molecular weight is 381 g/mol. The summed E-state index contributed by atoms with van der Waals surface area (Å²) in [6, 6.07) is 8.18. The maximum atomic E-state index is 13.3. The third-order valence-electron chi connectivity index (χ3n) is 3.60. The van der Waals surface area contributed by atoms with Gasteiger partial charge in [0.2, 0.25) is 0 Å². The highest BCUT2D eigenvalue weighted by Crippen LogP contribution is 2.34. The zero-order valence-corrected chi connectivity index (χ0v) is 14.3. The van der Waals surface area contributed by atoms with E-state index in [1.165, 1.54) is 12.1 Å². The molecule has 1 aliphatic rings. The van der Waals surface area contributed by atoms with E-state index in [4.69, 9.17) is 23.2 Å². The first-order chi connectivity index (χ1) is 11.8. The van der Waals surface area contributed by atoms with Gasteiger partial charge in [-0.3, -0.25) is 9.59 Å². The number of aromatic hydroxyl groups is 1. The van der Waals surface area contributed by atoms with Gasteiger partial charge in [0, 0.05) is 0 Å². The van der Waals surface area contributed by atoms with Gasteiger partial charge in [-0.25, -0.2) is 9.29 Å². The van der Waals surface area contributed by atoms with Crippen LogP contribution in [0.2, 0.25) is 5.02 Å². The van der Waals surface area contributed by atoms with Crippen molar-refractivity contribution in [2.24, 2.45) is 0 Å². The minimum atomic E-state index is -0.774. The Hall–Kier alpha value is -2.57. The smallest absolute Gasteiger partial charge is 0.283 e. The van der Waals surface area contributed by atoms with Crippen LogP contribution in [-0.4, -0.2) is 16.9 Å². The molecule has 2 aromatic rings. The molecular weight excluding hydrogens is 370 g/mol. The van der Waals surface area contributed by atoms with Gasteiger partial charge >= 0.3 is 0 Å². The second-order valence-electron chi connectivity index (χ2n) is 5.38. The molecule has 1 heterocycles. The summed E-state index contributed by atoms with van der Waals surface area (Å²) in [6.45, 7) is 1.80. The fourth-order valence-corrected chi connectivity index (χ4v) is 2.74. The van der Waals surface area contributed by atoms with Crippen LogP contribution in [0.3, 0.4) is 0 Å². The van der Waals surface area contributed by atoms with E-state index >= 15 is 0 Å². The monoisotopic (exact) mass is 380 g/mol. The molecule has 0 saturated carbocycles. The van der Waals surface area contributed by atoms with E-state index < -0.39 is 17.6 Å². The molecule has 1 aliphatic heterocycles. The third kappa shape index (κ3) is 3.06. The quantitative estimate of drug-likeness (QED) is 0.625. The Kier molecular flexibility index (Phi) is 4.41. The van der Waals surface area contributed by atoms with Gasteiger partial charge in [-0.15, -0.1) is 0 Å². The molecule has 2 amide bonds. The predicted molar refractivity (Wildman–Crippen MR) is 93.2 cm³/mol. The Balaban J connectivity index is 1.96. The second-order valence-corrected chi connectivity index (χ2v) is 6.16. The van der Waals surface area contributed by atoms with Crippen molar-refractivity contribution >= 4 is 46.4 Å². The maximum Gasteiger partial charge on any atom is 0.283 e. The van der Waals surface area contributed by atoms with Crippen molar-refractivity contribution in [2.45, 2.75) is 6.92 Å². The Bertz CT molecular complexity index is 943. The Labute approximate surface area is 152 Å². The van der Waals surface area contributed by atoms with Gasteiger partial charge in [-0.2, -0.15) is 0 Å². The normalized spacial score (nSPS) is 14.5. The summed E-state index contributed by atoms with van der Waals surface area (Å²) >= 11 is 11.7. The number of imide groups is 1. The van der Waals surface area contributed by atoms with E-state index in [0.29, 0.717) is 0 Å². The molecule has 3 rings (SSSR count). The molecule has 0 aliphatic carbocycles. The molecular formula is C17H11Cl2FN2O3. The number of nitrogens with zero attached hydrogens (tertiary/aromatic N) is 1. The molecule has 0 bridgehead atoms. The number of anilines is 2. The van der Waals surface area contributed by atoms with Crippen LogP contribution in [0.1, 0.15) is 5.56 Å². The standard InChI is InChI=1S/C17H11Cl2FN2O3/c1-8-2-5-13(23)12(6-8)21-15-14(19)16(24)22(17(15)25)9-3-4-11(20)10(18)7-9/h2-7,21,23H,1H3. The van der Waals surface area contributed by atoms with E-state index in [0.717, 1.165) is 22.6 Å². The zero-order chi connectivity index (χ0) is 18.3. The number of hydrogen-bond acceptors (Lipinski definition) is 4. The summed E-state index contributed by atoms with van der Waals surface area (Å²) in [4.78, 5) is 25.7. The summed E-state index contributed by atoms with van der Waals surface area (Å²) in [5.74, 6) is -2.29. The van der Waals surface area contributed by atoms with Crippen LogP contribution in [0.25, 0.3) is 0 Å². The number of phenols is 1. The molecule has 0 aromatic heterocycles. The van der Waals surface area contributed by atoms with Crippen molar-refractivity contribution in [1.29, 1.82) is 0 Å². The molecule has 0 saturated heterocycles. The first-order valence-corrected chi connectivity index (χ1v) is 7.85. The molecule has 2 aromatic carbocycles. The lowest BCUT2D eigenvalue weighted by Crippen LogP contribution is -2.32. The second kappa shape index (κ2) is 6.38. The molecule has 2 N–H and O–H groups in total. The van der Waals surface area contributed by atoms with Crippen molar-refractivity contribution in [3.8, 4) is 5.75 Å². The number of benzene rings is 2. The Morgan fingerprint density at radius 3 is 2.48 bits per heavy atom. The third-order valence-corrected chi connectivity index (χ3v) is 4.24. The van der Waals surface area contributed by atoms with Crippen molar-refractivity contribution in [1.82, 2.24) is 0 Å². The number of aryl methyl sites for hydroxylation is 1. The van der Waals surface area contributed by atoms with E-state index in [9.17, 15) is 19.1 Å². The highest BCUT2D eigenvalue weighted by Gasteiger charge is 2.39. The van der Waals surface area contributed by atoms with Crippen LogP contribution < -0.4 is 10.2 Å². The molecule has 8 heteroatoms. The SMILES string of the molecule is Cc1ccc(O)c(NC2=C(Cl)C(=O)N(c3ccc(F)c(Cl)c3)C2=O)c1. The first-order valence-electron chi connectivity index (χ1n) is 7.10. The van der Waals surface area contributed by atoms with Gasteiger partial charge < -0.3 is 10.4 Å². The first kappa shape index (κ1) is 17.3. The summed E-state index contributed by atoms with van der Waals surface area (Å²) in [7, 11) is 0. The van der Waals surface area contributed by atoms with Gasteiger partial charge in [0.25, 0.3) is 11.8 Å². The summed E-state index contributed by atoms with van der Waals surface area (Å²) in [6.07, 6.45) is 0. The number of halogens is 3. The molecule has 0 radical (unpaired) electrons. The molecule has 5 nitrogen and oxygen atoms in total. The number of nitrogens with one attached hydrogen (secondary N) is 1. The highest BCUT2D eigenvalue weighted by atomic mass is 35.5. The highest BCUT2D eigenvalue weighted by molar-refractivity contribution is 6.53. The number of amides is 2. The summed E-state index contributed by atoms with van der Waals surface area (Å²) < 4.78 is 13.3. The number of carbonyl (C=O) groups excluding carboxylic acids is 2. The van der Waals surface area contributed by atoms with E-state index in [1.54, 1.807) is 19.1 Å². The number of carbonyl (C=O) groups is 2. The fourth-order valence-electron chi connectivity index (χ4n) is 2.35. The van der Waals surface area contributed by atoms with Crippen LogP contribution in [-0.2, 0) is 9.59 Å². The topological polar surface area (TPSA) is 69.6 Å². The molecule has 128 valence electrons. The van der Waals surface area contributed by atoms with Gasteiger partial charge in [-0.1, -0.05) is 29.3 Å². The Morgan fingerprint density at radius 1 is 1.08 bits per heavy atom. The van der Waals surface area contributed by atoms with Crippen LogP contribution in [0.15, 0.2) is 47.1 Å². The molecule has 0 fully saturated rings. The number of rotatable bonds is 3. The lowest BCUT2D eigenvalue weighted by Gasteiger charge is -2.16.